The van der Waals surface area contributed by atoms with Gasteiger partial charge in [-0.05, 0) is 73.5 Å². The van der Waals surface area contributed by atoms with Gasteiger partial charge in [0, 0.05) is 10.9 Å². The topological polar surface area (TPSA) is 75.0 Å². The van der Waals surface area contributed by atoms with Crippen LogP contribution < -0.4 is 4.74 Å². The van der Waals surface area contributed by atoms with Crippen LogP contribution in [0.5, 0.6) is 5.75 Å². The lowest BCUT2D eigenvalue weighted by atomic mass is 10.0. The van der Waals surface area contributed by atoms with Gasteiger partial charge < -0.3 is 18.6 Å². The highest BCUT2D eigenvalue weighted by molar-refractivity contribution is 9.10. The highest BCUT2D eigenvalue weighted by Crippen LogP contribution is 2.34. The van der Waals surface area contributed by atoms with Gasteiger partial charge in [0.1, 0.15) is 23.0 Å². The van der Waals surface area contributed by atoms with Crippen LogP contribution in [0.1, 0.15) is 51.3 Å². The van der Waals surface area contributed by atoms with Crippen molar-refractivity contribution in [1.29, 1.82) is 0 Å². The second kappa shape index (κ2) is 10.2. The number of hydrogen-bond acceptors (Lipinski definition) is 6. The molecular weight excluding hydrogens is 476 g/mol. The Balaban J connectivity index is 1.94. The van der Waals surface area contributed by atoms with Crippen LogP contribution in [0.3, 0.4) is 0 Å². The van der Waals surface area contributed by atoms with Gasteiger partial charge in [0.05, 0.1) is 30.2 Å². The van der Waals surface area contributed by atoms with Gasteiger partial charge in [-0.2, -0.15) is 0 Å². The number of halogens is 1. The van der Waals surface area contributed by atoms with E-state index in [2.05, 4.69) is 15.9 Å². The molecular formula is C25H27BrO6. The molecule has 0 aliphatic heterocycles. The normalized spacial score (nSPS) is 12.4. The maximum absolute atomic E-state index is 12.7. The molecule has 0 saturated heterocycles. The van der Waals surface area contributed by atoms with Crippen molar-refractivity contribution in [3.63, 3.8) is 0 Å². The molecule has 7 heteroatoms. The van der Waals surface area contributed by atoms with E-state index >= 15 is 0 Å². The summed E-state index contributed by atoms with van der Waals surface area (Å²) >= 11 is 3.53. The van der Waals surface area contributed by atoms with Crippen molar-refractivity contribution in [1.82, 2.24) is 0 Å². The number of ether oxygens (including phenoxy) is 3. The Morgan fingerprint density at radius 1 is 1.09 bits per heavy atom. The maximum Gasteiger partial charge on any atom is 0.310 e. The number of para-hydroxylation sites is 1. The van der Waals surface area contributed by atoms with Gasteiger partial charge in [-0.25, -0.2) is 0 Å². The van der Waals surface area contributed by atoms with Crippen molar-refractivity contribution in [3.8, 4) is 5.75 Å². The molecule has 1 unspecified atom stereocenters. The Morgan fingerprint density at radius 2 is 1.84 bits per heavy atom. The fourth-order valence-corrected chi connectivity index (χ4v) is 3.88. The van der Waals surface area contributed by atoms with E-state index in [0.717, 1.165) is 15.4 Å². The summed E-state index contributed by atoms with van der Waals surface area (Å²) < 4.78 is 23.2. The second-order valence-electron chi connectivity index (χ2n) is 8.33. The van der Waals surface area contributed by atoms with E-state index < -0.39 is 11.7 Å². The standard InChI is InChI=1S/C25H27BrO6/c1-5-29-22(27)14-16-8-6-7-9-20(16)31-21(15-23(28)32-25(2,3)4)18-12-17-10-11-30-24(17)19(26)13-18/h6-13,21H,5,14-15H2,1-4H3. The number of carbonyl (C=O) groups excluding carboxylic acids is 2. The molecule has 6 nitrogen and oxygen atoms in total. The van der Waals surface area contributed by atoms with Gasteiger partial charge in [-0.1, -0.05) is 18.2 Å². The predicted octanol–water partition coefficient (Wildman–Crippen LogP) is 6.15. The van der Waals surface area contributed by atoms with Crippen molar-refractivity contribution in [2.45, 2.75) is 52.2 Å². The molecule has 0 aliphatic carbocycles. The zero-order chi connectivity index (χ0) is 23.3. The average Bonchev–Trinajstić information content (AvgIpc) is 3.17. The maximum atomic E-state index is 12.7. The van der Waals surface area contributed by atoms with Gasteiger partial charge in [-0.15, -0.1) is 0 Å². The van der Waals surface area contributed by atoms with Crippen LogP contribution in [0.15, 0.2) is 57.6 Å². The van der Waals surface area contributed by atoms with Crippen molar-refractivity contribution in [2.24, 2.45) is 0 Å². The molecule has 0 amide bonds. The second-order valence-corrected chi connectivity index (χ2v) is 9.18. The monoisotopic (exact) mass is 502 g/mol. The Kier molecular flexibility index (Phi) is 7.61. The first-order chi connectivity index (χ1) is 15.2. The molecule has 0 spiro atoms. The van der Waals surface area contributed by atoms with Gasteiger partial charge >= 0.3 is 11.9 Å². The molecule has 1 atom stereocenters. The van der Waals surface area contributed by atoms with Gasteiger partial charge in [0.25, 0.3) is 0 Å². The third kappa shape index (κ3) is 6.36. The summed E-state index contributed by atoms with van der Waals surface area (Å²) in [6, 6.07) is 12.9. The lowest BCUT2D eigenvalue weighted by Gasteiger charge is -2.24. The number of benzene rings is 2. The number of esters is 2. The fraction of sp³-hybridized carbons (Fsp3) is 0.360. The van der Waals surface area contributed by atoms with Gasteiger partial charge in [-0.3, -0.25) is 9.59 Å². The first-order valence-electron chi connectivity index (χ1n) is 10.4. The summed E-state index contributed by atoms with van der Waals surface area (Å²) in [6.07, 6.45) is 1.05. The summed E-state index contributed by atoms with van der Waals surface area (Å²) in [4.78, 5) is 24.7. The zero-order valence-corrected chi connectivity index (χ0v) is 20.2. The molecule has 0 N–H and O–H groups in total. The van der Waals surface area contributed by atoms with Crippen LogP contribution in [-0.4, -0.2) is 24.1 Å². The van der Waals surface area contributed by atoms with Gasteiger partial charge in [0.15, 0.2) is 0 Å². The van der Waals surface area contributed by atoms with Crippen molar-refractivity contribution in [2.75, 3.05) is 6.61 Å². The minimum atomic E-state index is -0.635. The summed E-state index contributed by atoms with van der Waals surface area (Å²) in [5.74, 6) is -0.207. The van der Waals surface area contributed by atoms with E-state index in [9.17, 15) is 9.59 Å². The van der Waals surface area contributed by atoms with Crippen LogP contribution in [0.2, 0.25) is 0 Å². The largest absolute Gasteiger partial charge is 0.485 e. The Labute approximate surface area is 196 Å². The smallest absolute Gasteiger partial charge is 0.310 e. The number of hydrogen-bond donors (Lipinski definition) is 0. The van der Waals surface area contributed by atoms with E-state index in [0.29, 0.717) is 23.5 Å². The molecule has 32 heavy (non-hydrogen) atoms. The first-order valence-corrected chi connectivity index (χ1v) is 11.2. The zero-order valence-electron chi connectivity index (χ0n) is 18.6. The molecule has 2 aromatic carbocycles. The molecule has 170 valence electrons. The molecule has 1 aromatic heterocycles. The van der Waals surface area contributed by atoms with E-state index in [1.165, 1.54) is 0 Å². The molecule has 1 heterocycles. The summed E-state index contributed by atoms with van der Waals surface area (Å²) in [6.45, 7) is 7.54. The molecule has 0 saturated carbocycles. The van der Waals surface area contributed by atoms with E-state index in [4.69, 9.17) is 18.6 Å². The van der Waals surface area contributed by atoms with E-state index in [1.807, 2.05) is 57.2 Å². The van der Waals surface area contributed by atoms with Crippen molar-refractivity contribution < 1.29 is 28.2 Å². The van der Waals surface area contributed by atoms with E-state index in [1.54, 1.807) is 19.3 Å². The van der Waals surface area contributed by atoms with Gasteiger partial charge in [0.2, 0.25) is 0 Å². The van der Waals surface area contributed by atoms with E-state index in [-0.39, 0.29) is 24.8 Å². The quantitative estimate of drug-likeness (QED) is 0.343. The lowest BCUT2D eigenvalue weighted by molar-refractivity contribution is -0.156. The Bertz CT molecular complexity index is 1100. The minimum absolute atomic E-state index is 0.000802. The molecule has 0 aliphatic rings. The van der Waals surface area contributed by atoms with Crippen LogP contribution >= 0.6 is 15.9 Å². The summed E-state index contributed by atoms with van der Waals surface area (Å²) in [5.41, 5.74) is 1.57. The van der Waals surface area contributed by atoms with Crippen LogP contribution in [0, 0.1) is 0 Å². The molecule has 0 radical (unpaired) electrons. The third-order valence-electron chi connectivity index (χ3n) is 4.55. The molecule has 3 aromatic rings. The Hall–Kier alpha value is -2.80. The number of fused-ring (bicyclic) bond motifs is 1. The van der Waals surface area contributed by atoms with Crippen LogP contribution in [0.4, 0.5) is 0 Å². The number of carbonyl (C=O) groups is 2. The Morgan fingerprint density at radius 3 is 2.56 bits per heavy atom. The average molecular weight is 503 g/mol. The van der Waals surface area contributed by atoms with Crippen molar-refractivity contribution in [3.05, 3.63) is 64.3 Å². The highest BCUT2D eigenvalue weighted by atomic mass is 79.9. The predicted molar refractivity (Wildman–Crippen MR) is 125 cm³/mol. The minimum Gasteiger partial charge on any atom is -0.485 e. The summed E-state index contributed by atoms with van der Waals surface area (Å²) in [7, 11) is 0. The van der Waals surface area contributed by atoms with Crippen LogP contribution in [0.25, 0.3) is 11.0 Å². The third-order valence-corrected chi connectivity index (χ3v) is 5.14. The van der Waals surface area contributed by atoms with Crippen LogP contribution in [-0.2, 0) is 25.5 Å². The molecule has 3 rings (SSSR count). The summed E-state index contributed by atoms with van der Waals surface area (Å²) in [5, 5.41) is 0.881. The number of rotatable bonds is 8. The van der Waals surface area contributed by atoms with Crippen molar-refractivity contribution >= 4 is 38.8 Å². The lowest BCUT2D eigenvalue weighted by Crippen LogP contribution is -2.26. The number of furan rings is 1. The SMILES string of the molecule is CCOC(=O)Cc1ccccc1OC(CC(=O)OC(C)(C)C)c1cc(Br)c2occc2c1. The highest BCUT2D eigenvalue weighted by Gasteiger charge is 2.25. The molecule has 0 bridgehead atoms. The fourth-order valence-electron chi connectivity index (χ4n) is 3.29. The first kappa shape index (κ1) is 23.9. The molecule has 0 fully saturated rings.